The van der Waals surface area contributed by atoms with Crippen molar-refractivity contribution in [3.05, 3.63) is 83.3 Å². The number of aliphatic hydroxyl groups is 2. The molecule has 2 unspecified atom stereocenters. The first-order valence-corrected chi connectivity index (χ1v) is 10.9. The summed E-state index contributed by atoms with van der Waals surface area (Å²) in [4.78, 5) is 4.62. The molecule has 2 aliphatic carbocycles. The number of fused-ring (bicyclic) bond motifs is 1. The van der Waals surface area contributed by atoms with Gasteiger partial charge in [-0.25, -0.2) is 0 Å². The van der Waals surface area contributed by atoms with Gasteiger partial charge in [-0.2, -0.15) is 0 Å². The zero-order chi connectivity index (χ0) is 21.5. The lowest BCUT2D eigenvalue weighted by molar-refractivity contribution is 0.239. The monoisotopic (exact) mass is 403 g/mol. The van der Waals surface area contributed by atoms with Gasteiger partial charge in [-0.15, -0.1) is 5.73 Å². The van der Waals surface area contributed by atoms with E-state index in [1.807, 2.05) is 44.3 Å². The highest BCUT2D eigenvalue weighted by Gasteiger charge is 2.30. The van der Waals surface area contributed by atoms with E-state index in [-0.39, 0.29) is 30.4 Å². The average molecular weight is 404 g/mol. The SMILES string of the molecule is C=C=C/C=C(/C1=C(O)C(/C=N/[C@H](CO)C(C)C)Cc2ccccc21)C1C=CCCC1. The molecule has 0 radical (unpaired) electrons. The standard InChI is InChI=1S/C27H33NO2/c1-4-5-14-23(20-11-7-6-8-12-20)26-24-15-10-9-13-21(24)16-22(27(26)30)17-28-25(18-29)19(2)3/h5,7,9-11,13-15,17,19-20,22,25,29-30H,1,6,8,12,16,18H2,2-3H3/b23-14+,28-17+/t20?,22?,25-/m1/s1. The van der Waals surface area contributed by atoms with Crippen LogP contribution in [-0.4, -0.2) is 29.1 Å². The number of benzene rings is 1. The minimum atomic E-state index is -0.202. The normalized spacial score (nSPS) is 22.9. The molecule has 0 heterocycles. The zero-order valence-electron chi connectivity index (χ0n) is 18.1. The molecular formula is C27H33NO2. The molecule has 0 aliphatic heterocycles. The molecule has 0 amide bonds. The summed E-state index contributed by atoms with van der Waals surface area (Å²) >= 11 is 0. The zero-order valence-corrected chi connectivity index (χ0v) is 18.1. The van der Waals surface area contributed by atoms with E-state index in [2.05, 4.69) is 41.6 Å². The first kappa shape index (κ1) is 22.1. The lowest BCUT2D eigenvalue weighted by atomic mass is 9.75. The molecule has 0 saturated heterocycles. The Bertz CT molecular complexity index is 913. The number of hydrogen-bond donors (Lipinski definition) is 2. The highest BCUT2D eigenvalue weighted by molar-refractivity contribution is 5.88. The summed E-state index contributed by atoms with van der Waals surface area (Å²) in [5.41, 5.74) is 7.16. The Balaban J connectivity index is 2.10. The molecule has 0 saturated carbocycles. The van der Waals surface area contributed by atoms with Crippen LogP contribution in [0.3, 0.4) is 0 Å². The fraction of sp³-hybridized carbons (Fsp3) is 0.407. The van der Waals surface area contributed by atoms with E-state index in [1.54, 1.807) is 0 Å². The van der Waals surface area contributed by atoms with Crippen molar-refractivity contribution in [2.24, 2.45) is 22.7 Å². The minimum Gasteiger partial charge on any atom is -0.511 e. The molecule has 1 aromatic rings. The van der Waals surface area contributed by atoms with Crippen molar-refractivity contribution in [2.75, 3.05) is 6.61 Å². The second-order valence-electron chi connectivity index (χ2n) is 8.48. The number of allylic oxidation sites excluding steroid dienone is 7. The number of aliphatic imine (C=N–C) groups is 1. The molecule has 30 heavy (non-hydrogen) atoms. The largest absolute Gasteiger partial charge is 0.511 e. The molecule has 0 aromatic heterocycles. The fourth-order valence-electron chi connectivity index (χ4n) is 4.28. The molecule has 0 bridgehead atoms. The minimum absolute atomic E-state index is 0.0109. The molecule has 1 aromatic carbocycles. The van der Waals surface area contributed by atoms with Gasteiger partial charge in [-0.3, -0.25) is 4.99 Å². The topological polar surface area (TPSA) is 52.8 Å². The second-order valence-corrected chi connectivity index (χ2v) is 8.48. The summed E-state index contributed by atoms with van der Waals surface area (Å²) in [6.45, 7) is 7.82. The highest BCUT2D eigenvalue weighted by Crippen LogP contribution is 2.42. The van der Waals surface area contributed by atoms with E-state index in [9.17, 15) is 10.2 Å². The van der Waals surface area contributed by atoms with Crippen LogP contribution in [0, 0.1) is 17.8 Å². The first-order chi connectivity index (χ1) is 14.6. The maximum atomic E-state index is 11.4. The molecule has 3 atom stereocenters. The van der Waals surface area contributed by atoms with Crippen molar-refractivity contribution in [2.45, 2.75) is 45.6 Å². The highest BCUT2D eigenvalue weighted by atomic mass is 16.3. The predicted octanol–water partition coefficient (Wildman–Crippen LogP) is 5.84. The number of rotatable bonds is 7. The maximum Gasteiger partial charge on any atom is 0.109 e. The van der Waals surface area contributed by atoms with E-state index in [4.69, 9.17) is 0 Å². The Labute approximate surface area is 180 Å². The van der Waals surface area contributed by atoms with Crippen LogP contribution in [0.1, 0.15) is 44.2 Å². The fourth-order valence-corrected chi connectivity index (χ4v) is 4.28. The third kappa shape index (κ3) is 4.92. The van der Waals surface area contributed by atoms with Gasteiger partial charge in [0.2, 0.25) is 0 Å². The van der Waals surface area contributed by atoms with Gasteiger partial charge in [0.05, 0.1) is 18.6 Å². The van der Waals surface area contributed by atoms with Crippen LogP contribution in [0.4, 0.5) is 0 Å². The third-order valence-electron chi connectivity index (χ3n) is 6.07. The van der Waals surface area contributed by atoms with Crippen LogP contribution < -0.4 is 0 Å². The van der Waals surface area contributed by atoms with Crippen LogP contribution in [0.2, 0.25) is 0 Å². The number of nitrogens with zero attached hydrogens (tertiary/aromatic N) is 1. The predicted molar refractivity (Wildman–Crippen MR) is 126 cm³/mol. The molecule has 3 rings (SSSR count). The van der Waals surface area contributed by atoms with Crippen molar-refractivity contribution >= 4 is 11.8 Å². The Morgan fingerprint density at radius 2 is 2.13 bits per heavy atom. The van der Waals surface area contributed by atoms with Gasteiger partial charge in [0.25, 0.3) is 0 Å². The quantitative estimate of drug-likeness (QED) is 0.260. The number of hydrogen-bond acceptors (Lipinski definition) is 3. The van der Waals surface area contributed by atoms with Crippen LogP contribution in [0.15, 0.2) is 77.2 Å². The summed E-state index contributed by atoms with van der Waals surface area (Å²) in [7, 11) is 0. The van der Waals surface area contributed by atoms with E-state index >= 15 is 0 Å². The van der Waals surface area contributed by atoms with E-state index < -0.39 is 0 Å². The van der Waals surface area contributed by atoms with Gasteiger partial charge in [0.1, 0.15) is 5.76 Å². The van der Waals surface area contributed by atoms with Gasteiger partial charge in [0, 0.05) is 17.7 Å². The lowest BCUT2D eigenvalue weighted by Gasteiger charge is -2.30. The van der Waals surface area contributed by atoms with Gasteiger partial charge < -0.3 is 10.2 Å². The molecular weight excluding hydrogens is 370 g/mol. The van der Waals surface area contributed by atoms with Crippen molar-refractivity contribution in [1.29, 1.82) is 0 Å². The Kier molecular flexibility index (Phi) is 7.68. The van der Waals surface area contributed by atoms with Gasteiger partial charge in [0.15, 0.2) is 0 Å². The summed E-state index contributed by atoms with van der Waals surface area (Å²) in [6, 6.07) is 8.14. The van der Waals surface area contributed by atoms with Crippen molar-refractivity contribution in [1.82, 2.24) is 0 Å². The van der Waals surface area contributed by atoms with Crippen LogP contribution in [0.5, 0.6) is 0 Å². The third-order valence-corrected chi connectivity index (χ3v) is 6.07. The van der Waals surface area contributed by atoms with Crippen molar-refractivity contribution in [3.63, 3.8) is 0 Å². The Morgan fingerprint density at radius 3 is 2.80 bits per heavy atom. The summed E-state index contributed by atoms with van der Waals surface area (Å²) in [5, 5.41) is 21.0. The molecule has 0 spiro atoms. The van der Waals surface area contributed by atoms with Crippen molar-refractivity contribution < 1.29 is 10.2 Å². The molecule has 2 N–H and O–H groups in total. The van der Waals surface area contributed by atoms with E-state index in [0.29, 0.717) is 12.2 Å². The van der Waals surface area contributed by atoms with Crippen LogP contribution in [0.25, 0.3) is 5.57 Å². The lowest BCUT2D eigenvalue weighted by Crippen LogP contribution is -2.23. The smallest absolute Gasteiger partial charge is 0.109 e. The Hall–Kier alpha value is -2.61. The summed E-state index contributed by atoms with van der Waals surface area (Å²) in [6.07, 6.45) is 14.2. The van der Waals surface area contributed by atoms with Gasteiger partial charge >= 0.3 is 0 Å². The second kappa shape index (κ2) is 10.4. The Morgan fingerprint density at radius 1 is 1.33 bits per heavy atom. The van der Waals surface area contributed by atoms with Gasteiger partial charge in [-0.05, 0) is 60.5 Å². The molecule has 0 fully saturated rings. The van der Waals surface area contributed by atoms with Crippen LogP contribution >= 0.6 is 0 Å². The van der Waals surface area contributed by atoms with E-state index in [1.165, 1.54) is 5.56 Å². The summed E-state index contributed by atoms with van der Waals surface area (Å²) in [5.74, 6) is 0.658. The maximum absolute atomic E-state index is 11.4. The van der Waals surface area contributed by atoms with Crippen LogP contribution in [-0.2, 0) is 6.42 Å². The average Bonchev–Trinajstić information content (AvgIpc) is 2.76. The summed E-state index contributed by atoms with van der Waals surface area (Å²) < 4.78 is 0. The molecule has 3 nitrogen and oxygen atoms in total. The molecule has 158 valence electrons. The van der Waals surface area contributed by atoms with Gasteiger partial charge in [-0.1, -0.05) is 56.8 Å². The molecule has 2 aliphatic rings. The number of aliphatic hydroxyl groups excluding tert-OH is 2. The van der Waals surface area contributed by atoms with Crippen molar-refractivity contribution in [3.8, 4) is 0 Å². The van der Waals surface area contributed by atoms with E-state index in [0.717, 1.165) is 36.0 Å². The molecule has 3 heteroatoms. The first-order valence-electron chi connectivity index (χ1n) is 10.9.